The molecule has 0 radical (unpaired) electrons. The molecule has 2 rings (SSSR count). The van der Waals surface area contributed by atoms with Gasteiger partial charge in [0.15, 0.2) is 0 Å². The van der Waals surface area contributed by atoms with E-state index in [1.165, 1.54) is 6.07 Å². The molecular formula is C14H16BrClFN3. The van der Waals surface area contributed by atoms with Crippen LogP contribution in [0.25, 0.3) is 0 Å². The Kier molecular flexibility index (Phi) is 5.18. The van der Waals surface area contributed by atoms with Gasteiger partial charge in [-0.25, -0.2) is 4.39 Å². The normalized spacial score (nSPS) is 12.7. The first kappa shape index (κ1) is 15.5. The molecule has 0 saturated carbocycles. The maximum atomic E-state index is 13.7. The van der Waals surface area contributed by atoms with E-state index < -0.39 is 5.82 Å². The predicted octanol–water partition coefficient (Wildman–Crippen LogP) is 4.16. The van der Waals surface area contributed by atoms with E-state index in [0.717, 1.165) is 28.7 Å². The van der Waals surface area contributed by atoms with E-state index in [9.17, 15) is 4.39 Å². The third-order valence-corrected chi connectivity index (χ3v) is 4.03. The summed E-state index contributed by atoms with van der Waals surface area (Å²) in [5.41, 5.74) is 1.80. The van der Waals surface area contributed by atoms with Crippen LogP contribution in [0.4, 0.5) is 4.39 Å². The summed E-state index contributed by atoms with van der Waals surface area (Å²) in [5.74, 6) is -0.415. The molecular weight excluding hydrogens is 345 g/mol. The summed E-state index contributed by atoms with van der Waals surface area (Å²) in [6.45, 7) is 2.91. The van der Waals surface area contributed by atoms with Crippen molar-refractivity contribution in [2.45, 2.75) is 25.9 Å². The maximum Gasteiger partial charge on any atom is 0.142 e. The zero-order valence-corrected chi connectivity index (χ0v) is 13.7. The SMILES string of the molecule is CCCn1ncc(Br)c1C(NC)c1ccc(Cl)c(F)c1. The van der Waals surface area contributed by atoms with Crippen LogP contribution in [0.5, 0.6) is 0 Å². The lowest BCUT2D eigenvalue weighted by molar-refractivity contribution is 0.531. The van der Waals surface area contributed by atoms with Crippen molar-refractivity contribution < 1.29 is 4.39 Å². The Hall–Kier alpha value is -0.910. The molecule has 3 nitrogen and oxygen atoms in total. The fourth-order valence-corrected chi connectivity index (χ4v) is 2.84. The predicted molar refractivity (Wildman–Crippen MR) is 82.5 cm³/mol. The van der Waals surface area contributed by atoms with Crippen molar-refractivity contribution in [2.75, 3.05) is 7.05 Å². The minimum atomic E-state index is -0.415. The molecule has 108 valence electrons. The number of halogens is 3. The van der Waals surface area contributed by atoms with E-state index >= 15 is 0 Å². The van der Waals surface area contributed by atoms with Crippen molar-refractivity contribution >= 4 is 27.5 Å². The minimum Gasteiger partial charge on any atom is -0.308 e. The molecule has 1 heterocycles. The first-order valence-electron chi connectivity index (χ1n) is 6.41. The number of nitrogens with one attached hydrogen (secondary N) is 1. The van der Waals surface area contributed by atoms with Gasteiger partial charge in [0.05, 0.1) is 27.4 Å². The summed E-state index contributed by atoms with van der Waals surface area (Å²) in [7, 11) is 1.84. The van der Waals surface area contributed by atoms with E-state index in [0.29, 0.717) is 0 Å². The van der Waals surface area contributed by atoms with Crippen LogP contribution in [0.2, 0.25) is 5.02 Å². The van der Waals surface area contributed by atoms with Gasteiger partial charge in [0.25, 0.3) is 0 Å². The van der Waals surface area contributed by atoms with Gasteiger partial charge >= 0.3 is 0 Å². The van der Waals surface area contributed by atoms with E-state index in [4.69, 9.17) is 11.6 Å². The average molecular weight is 361 g/mol. The van der Waals surface area contributed by atoms with Gasteiger partial charge in [-0.05, 0) is 47.1 Å². The zero-order valence-electron chi connectivity index (χ0n) is 11.3. The standard InChI is InChI=1S/C14H16BrClFN3/c1-3-6-20-14(10(15)8-19-20)13(18-2)9-4-5-11(16)12(17)7-9/h4-5,7-8,13,18H,3,6H2,1-2H3. The third kappa shape index (κ3) is 3.05. The molecule has 0 fully saturated rings. The van der Waals surface area contributed by atoms with Gasteiger partial charge in [0.1, 0.15) is 5.82 Å². The summed E-state index contributed by atoms with van der Waals surface area (Å²) in [6.07, 6.45) is 2.74. The number of hydrogen-bond acceptors (Lipinski definition) is 2. The van der Waals surface area contributed by atoms with Gasteiger partial charge in [-0.2, -0.15) is 5.10 Å². The lowest BCUT2D eigenvalue weighted by atomic mass is 10.0. The Labute approximate surface area is 131 Å². The molecule has 1 N–H and O–H groups in total. The highest BCUT2D eigenvalue weighted by atomic mass is 79.9. The number of aryl methyl sites for hydroxylation is 1. The number of nitrogens with zero attached hydrogens (tertiary/aromatic N) is 2. The highest BCUT2D eigenvalue weighted by molar-refractivity contribution is 9.10. The topological polar surface area (TPSA) is 29.9 Å². The largest absolute Gasteiger partial charge is 0.308 e. The molecule has 2 aromatic rings. The molecule has 0 saturated heterocycles. The molecule has 1 aromatic heterocycles. The number of benzene rings is 1. The van der Waals surface area contributed by atoms with Gasteiger partial charge in [0, 0.05) is 6.54 Å². The quantitative estimate of drug-likeness (QED) is 0.868. The summed E-state index contributed by atoms with van der Waals surface area (Å²) in [5, 5.41) is 7.69. The Morgan fingerprint density at radius 2 is 2.25 bits per heavy atom. The summed E-state index contributed by atoms with van der Waals surface area (Å²) >= 11 is 9.26. The highest BCUT2D eigenvalue weighted by Gasteiger charge is 2.21. The van der Waals surface area contributed by atoms with Crippen LogP contribution in [0.3, 0.4) is 0 Å². The Balaban J connectivity index is 2.46. The molecule has 1 atom stereocenters. The van der Waals surface area contributed by atoms with Crippen LogP contribution in [-0.2, 0) is 6.54 Å². The lowest BCUT2D eigenvalue weighted by Gasteiger charge is -2.19. The summed E-state index contributed by atoms with van der Waals surface area (Å²) in [6, 6.07) is 4.71. The average Bonchev–Trinajstić information content (AvgIpc) is 2.77. The molecule has 0 amide bonds. The van der Waals surface area contributed by atoms with E-state index in [1.807, 2.05) is 17.8 Å². The Bertz CT molecular complexity index is 600. The van der Waals surface area contributed by atoms with Gasteiger partial charge < -0.3 is 5.32 Å². The van der Waals surface area contributed by atoms with Crippen molar-refractivity contribution in [3.63, 3.8) is 0 Å². The van der Waals surface area contributed by atoms with Gasteiger partial charge in [-0.3, -0.25) is 4.68 Å². The zero-order chi connectivity index (χ0) is 14.7. The molecule has 0 spiro atoms. The molecule has 0 aliphatic rings. The van der Waals surface area contributed by atoms with Crippen LogP contribution in [0, 0.1) is 5.82 Å². The smallest absolute Gasteiger partial charge is 0.142 e. The summed E-state index contributed by atoms with van der Waals surface area (Å²) in [4.78, 5) is 0. The monoisotopic (exact) mass is 359 g/mol. The first-order valence-corrected chi connectivity index (χ1v) is 7.59. The van der Waals surface area contributed by atoms with Crippen LogP contribution >= 0.6 is 27.5 Å². The van der Waals surface area contributed by atoms with Crippen LogP contribution in [0.15, 0.2) is 28.9 Å². The molecule has 20 heavy (non-hydrogen) atoms. The minimum absolute atomic E-state index is 0.129. The fraction of sp³-hybridized carbons (Fsp3) is 0.357. The molecule has 0 aliphatic carbocycles. The van der Waals surface area contributed by atoms with E-state index in [-0.39, 0.29) is 11.1 Å². The van der Waals surface area contributed by atoms with Gasteiger partial charge in [-0.15, -0.1) is 0 Å². The van der Waals surface area contributed by atoms with Gasteiger partial charge in [0.2, 0.25) is 0 Å². The van der Waals surface area contributed by atoms with Gasteiger partial charge in [-0.1, -0.05) is 24.6 Å². The fourth-order valence-electron chi connectivity index (χ4n) is 2.20. The first-order chi connectivity index (χ1) is 9.58. The number of hydrogen-bond donors (Lipinski definition) is 1. The Morgan fingerprint density at radius 3 is 2.85 bits per heavy atom. The Morgan fingerprint density at radius 1 is 1.50 bits per heavy atom. The summed E-state index contributed by atoms with van der Waals surface area (Å²) < 4.78 is 16.5. The molecule has 1 aromatic carbocycles. The van der Waals surface area contributed by atoms with Crippen molar-refractivity contribution in [3.8, 4) is 0 Å². The highest BCUT2D eigenvalue weighted by Crippen LogP contribution is 2.30. The number of rotatable bonds is 5. The van der Waals surface area contributed by atoms with E-state index in [2.05, 4.69) is 33.3 Å². The second-order valence-electron chi connectivity index (χ2n) is 4.50. The third-order valence-electron chi connectivity index (χ3n) is 3.11. The lowest BCUT2D eigenvalue weighted by Crippen LogP contribution is -2.22. The second kappa shape index (κ2) is 6.70. The molecule has 6 heteroatoms. The molecule has 0 bridgehead atoms. The number of aromatic nitrogens is 2. The van der Waals surface area contributed by atoms with Crippen molar-refractivity contribution in [1.82, 2.24) is 15.1 Å². The van der Waals surface area contributed by atoms with Crippen molar-refractivity contribution in [3.05, 3.63) is 51.0 Å². The molecule has 0 aliphatic heterocycles. The van der Waals surface area contributed by atoms with E-state index in [1.54, 1.807) is 12.3 Å². The van der Waals surface area contributed by atoms with Crippen LogP contribution < -0.4 is 5.32 Å². The molecule has 1 unspecified atom stereocenters. The maximum absolute atomic E-state index is 13.7. The van der Waals surface area contributed by atoms with Crippen molar-refractivity contribution in [2.24, 2.45) is 0 Å². The van der Waals surface area contributed by atoms with Crippen LogP contribution in [0.1, 0.15) is 30.6 Å². The van der Waals surface area contributed by atoms with Crippen molar-refractivity contribution in [1.29, 1.82) is 0 Å². The van der Waals surface area contributed by atoms with Crippen LogP contribution in [-0.4, -0.2) is 16.8 Å². The second-order valence-corrected chi connectivity index (χ2v) is 5.76.